The van der Waals surface area contributed by atoms with Crippen molar-refractivity contribution in [2.24, 2.45) is 5.92 Å². The molecule has 1 saturated carbocycles. The molecule has 118 valence electrons. The van der Waals surface area contributed by atoms with Gasteiger partial charge in [0.15, 0.2) is 9.84 Å². The van der Waals surface area contributed by atoms with Crippen LogP contribution in [0.5, 0.6) is 0 Å². The van der Waals surface area contributed by atoms with Gasteiger partial charge in [-0.25, -0.2) is 8.42 Å². The number of nitrogens with one attached hydrogen (secondary N) is 1. The Hall–Kier alpha value is -0.130. The van der Waals surface area contributed by atoms with Crippen molar-refractivity contribution in [2.45, 2.75) is 63.8 Å². The van der Waals surface area contributed by atoms with E-state index in [4.69, 9.17) is 0 Å². The van der Waals surface area contributed by atoms with Crippen LogP contribution < -0.4 is 5.32 Å². The molecule has 0 bridgehead atoms. The third-order valence-electron chi connectivity index (χ3n) is 5.09. The summed E-state index contributed by atoms with van der Waals surface area (Å²) in [5.41, 5.74) is 0.132. The molecule has 1 saturated heterocycles. The summed E-state index contributed by atoms with van der Waals surface area (Å²) in [6.45, 7) is 10.7. The summed E-state index contributed by atoms with van der Waals surface area (Å²) in [5, 5.41) is 3.41. The minimum atomic E-state index is -2.93. The maximum Gasteiger partial charge on any atom is 0.153 e. The van der Waals surface area contributed by atoms with Crippen molar-refractivity contribution in [2.75, 3.05) is 25.4 Å². The van der Waals surface area contributed by atoms with Crippen molar-refractivity contribution in [3.05, 3.63) is 0 Å². The zero-order valence-corrected chi connectivity index (χ0v) is 14.2. The Morgan fingerprint density at radius 1 is 1.35 bits per heavy atom. The maximum absolute atomic E-state index is 12.1. The molecule has 1 aliphatic heterocycles. The number of hydrogen-bond acceptors (Lipinski definition) is 4. The van der Waals surface area contributed by atoms with Gasteiger partial charge in [-0.1, -0.05) is 6.92 Å². The third kappa shape index (κ3) is 3.74. The minimum Gasteiger partial charge on any atom is -0.309 e. The van der Waals surface area contributed by atoms with Gasteiger partial charge >= 0.3 is 0 Å². The van der Waals surface area contributed by atoms with Gasteiger partial charge in [-0.15, -0.1) is 0 Å². The molecule has 1 N–H and O–H groups in total. The first kappa shape index (κ1) is 16.2. The Kier molecular flexibility index (Phi) is 4.82. The maximum atomic E-state index is 12.1. The molecule has 2 atom stereocenters. The highest BCUT2D eigenvalue weighted by Crippen LogP contribution is 2.37. The lowest BCUT2D eigenvalue weighted by molar-refractivity contribution is 0.0785. The van der Waals surface area contributed by atoms with Gasteiger partial charge in [0, 0.05) is 31.2 Å². The normalized spacial score (nSPS) is 32.8. The molecule has 2 unspecified atom stereocenters. The molecule has 2 fully saturated rings. The Morgan fingerprint density at radius 3 is 2.50 bits per heavy atom. The fraction of sp³-hybridized carbons (Fsp3) is 1.00. The molecule has 4 nitrogen and oxygen atoms in total. The minimum absolute atomic E-state index is 0.132. The standard InChI is InChI=1S/C15H30N2O2S/c1-5-15(4)11-17(8-9-20(18,19)12(2)3)14(10-16-15)13-6-7-13/h12-14,16H,5-11H2,1-4H3. The number of nitrogens with zero attached hydrogens (tertiary/aromatic N) is 1. The first-order valence-electron chi connectivity index (χ1n) is 7.98. The van der Waals surface area contributed by atoms with E-state index in [0.29, 0.717) is 18.3 Å². The molecule has 2 rings (SSSR count). The van der Waals surface area contributed by atoms with E-state index in [0.717, 1.165) is 25.4 Å². The zero-order chi connectivity index (χ0) is 15.0. The summed E-state index contributed by atoms with van der Waals surface area (Å²) < 4.78 is 24.1. The highest BCUT2D eigenvalue weighted by molar-refractivity contribution is 7.92. The van der Waals surface area contributed by atoms with Gasteiger partial charge in [0.1, 0.15) is 0 Å². The van der Waals surface area contributed by atoms with Crippen molar-refractivity contribution in [3.63, 3.8) is 0 Å². The summed E-state index contributed by atoms with van der Waals surface area (Å²) in [5.74, 6) is 1.08. The average molecular weight is 302 g/mol. The van der Waals surface area contributed by atoms with E-state index < -0.39 is 9.84 Å². The lowest BCUT2D eigenvalue weighted by Crippen LogP contribution is -2.63. The molecule has 2 aliphatic rings. The molecular formula is C15H30N2O2S. The van der Waals surface area contributed by atoms with Crippen molar-refractivity contribution < 1.29 is 8.42 Å². The number of rotatable bonds is 6. The SMILES string of the molecule is CCC1(C)CN(CCS(=O)(=O)C(C)C)C(C2CC2)CN1. The van der Waals surface area contributed by atoms with Gasteiger partial charge < -0.3 is 5.32 Å². The Bertz CT molecular complexity index is 431. The average Bonchev–Trinajstić information content (AvgIpc) is 3.21. The smallest absolute Gasteiger partial charge is 0.153 e. The predicted octanol–water partition coefficient (Wildman–Crippen LogP) is 1.66. The van der Waals surface area contributed by atoms with Crippen molar-refractivity contribution in [1.82, 2.24) is 10.2 Å². The van der Waals surface area contributed by atoms with Crippen molar-refractivity contribution in [1.29, 1.82) is 0 Å². The summed E-state index contributed by atoms with van der Waals surface area (Å²) in [4.78, 5) is 2.44. The van der Waals surface area contributed by atoms with E-state index >= 15 is 0 Å². The van der Waals surface area contributed by atoms with Crippen LogP contribution in [0.4, 0.5) is 0 Å². The molecule has 0 aromatic carbocycles. The van der Waals surface area contributed by atoms with Gasteiger partial charge in [-0.05, 0) is 46.0 Å². The van der Waals surface area contributed by atoms with Crippen LogP contribution in [0.15, 0.2) is 0 Å². The number of piperazine rings is 1. The third-order valence-corrected chi connectivity index (χ3v) is 7.27. The zero-order valence-electron chi connectivity index (χ0n) is 13.4. The second-order valence-electron chi connectivity index (χ2n) is 7.09. The fourth-order valence-electron chi connectivity index (χ4n) is 3.01. The highest BCUT2D eigenvalue weighted by atomic mass is 32.2. The van der Waals surface area contributed by atoms with Crippen LogP contribution in [0.2, 0.25) is 0 Å². The number of sulfone groups is 1. The van der Waals surface area contributed by atoms with E-state index in [1.165, 1.54) is 12.8 Å². The highest BCUT2D eigenvalue weighted by Gasteiger charge is 2.42. The van der Waals surface area contributed by atoms with Crippen LogP contribution in [0.1, 0.15) is 47.0 Å². The second kappa shape index (κ2) is 5.93. The number of hydrogen-bond donors (Lipinski definition) is 1. The molecular weight excluding hydrogens is 272 g/mol. The van der Waals surface area contributed by atoms with E-state index in [1.54, 1.807) is 13.8 Å². The van der Waals surface area contributed by atoms with Gasteiger partial charge in [-0.3, -0.25) is 4.90 Å². The lowest BCUT2D eigenvalue weighted by Gasteiger charge is -2.46. The first-order chi connectivity index (χ1) is 9.27. The topological polar surface area (TPSA) is 49.4 Å². The van der Waals surface area contributed by atoms with E-state index in [1.807, 2.05) is 0 Å². The van der Waals surface area contributed by atoms with E-state index in [2.05, 4.69) is 24.1 Å². The molecule has 0 aromatic rings. The van der Waals surface area contributed by atoms with Crippen molar-refractivity contribution in [3.8, 4) is 0 Å². The summed E-state index contributed by atoms with van der Waals surface area (Å²) in [7, 11) is -2.93. The van der Waals surface area contributed by atoms with Crippen LogP contribution in [-0.2, 0) is 9.84 Å². The second-order valence-corrected chi connectivity index (χ2v) is 9.76. The van der Waals surface area contributed by atoms with Crippen LogP contribution >= 0.6 is 0 Å². The van der Waals surface area contributed by atoms with Crippen LogP contribution in [0.25, 0.3) is 0 Å². The molecule has 5 heteroatoms. The van der Waals surface area contributed by atoms with Gasteiger partial charge in [-0.2, -0.15) is 0 Å². The Morgan fingerprint density at radius 2 is 2.00 bits per heavy atom. The molecule has 1 aliphatic carbocycles. The van der Waals surface area contributed by atoms with Crippen LogP contribution in [0, 0.1) is 5.92 Å². The van der Waals surface area contributed by atoms with Gasteiger partial charge in [0.2, 0.25) is 0 Å². The molecule has 0 amide bonds. The quantitative estimate of drug-likeness (QED) is 0.811. The molecule has 1 heterocycles. The van der Waals surface area contributed by atoms with Crippen molar-refractivity contribution >= 4 is 9.84 Å². The Labute approximate surface area is 124 Å². The largest absolute Gasteiger partial charge is 0.309 e. The lowest BCUT2D eigenvalue weighted by atomic mass is 9.92. The molecule has 0 radical (unpaired) electrons. The van der Waals surface area contributed by atoms with E-state index in [9.17, 15) is 8.42 Å². The fourth-order valence-corrected chi connectivity index (χ4v) is 3.97. The molecule has 0 spiro atoms. The van der Waals surface area contributed by atoms with E-state index in [-0.39, 0.29) is 10.8 Å². The van der Waals surface area contributed by atoms with Crippen LogP contribution in [0.3, 0.4) is 0 Å². The first-order valence-corrected chi connectivity index (χ1v) is 9.69. The Balaban J connectivity index is 2.00. The van der Waals surface area contributed by atoms with Crippen LogP contribution in [-0.4, -0.2) is 55.5 Å². The van der Waals surface area contributed by atoms with Gasteiger partial charge in [0.05, 0.1) is 11.0 Å². The molecule has 20 heavy (non-hydrogen) atoms. The van der Waals surface area contributed by atoms with Gasteiger partial charge in [0.25, 0.3) is 0 Å². The predicted molar refractivity (Wildman–Crippen MR) is 83.7 cm³/mol. The summed E-state index contributed by atoms with van der Waals surface area (Å²) >= 11 is 0. The summed E-state index contributed by atoms with van der Waals surface area (Å²) in [6.07, 6.45) is 3.70. The summed E-state index contributed by atoms with van der Waals surface area (Å²) in [6, 6.07) is 0.539. The monoisotopic (exact) mass is 302 g/mol. The molecule has 0 aromatic heterocycles.